The number of rotatable bonds is 5. The minimum atomic E-state index is -0.373. The lowest BCUT2D eigenvalue weighted by Gasteiger charge is -2.06. The molecule has 0 saturated carbocycles. The molecule has 1 N–H and O–H groups in total. The van der Waals surface area contributed by atoms with Gasteiger partial charge in [0.1, 0.15) is 18.1 Å². The molecule has 0 fully saturated rings. The van der Waals surface area contributed by atoms with Crippen LogP contribution >= 0.6 is 27.3 Å². The van der Waals surface area contributed by atoms with Crippen LogP contribution in [0, 0.1) is 5.82 Å². The minimum absolute atomic E-state index is 0.0712. The zero-order chi connectivity index (χ0) is 18.8. The first-order valence-electron chi connectivity index (χ1n) is 7.74. The number of amides is 1. The van der Waals surface area contributed by atoms with Crippen LogP contribution in [0.1, 0.15) is 0 Å². The van der Waals surface area contributed by atoms with Crippen LogP contribution in [-0.4, -0.2) is 25.6 Å². The largest absolute Gasteiger partial charge is 0.334 e. The molecular weight excluding hydrogens is 437 g/mol. The first-order valence-corrected chi connectivity index (χ1v) is 9.41. The van der Waals surface area contributed by atoms with Crippen molar-refractivity contribution in [3.8, 4) is 23.0 Å². The fourth-order valence-corrected chi connectivity index (χ4v) is 3.35. The maximum atomic E-state index is 13.4. The van der Waals surface area contributed by atoms with Gasteiger partial charge in [-0.15, -0.1) is 11.3 Å². The van der Waals surface area contributed by atoms with Crippen molar-refractivity contribution < 1.29 is 13.7 Å². The maximum Gasteiger partial charge on any atom is 0.274 e. The van der Waals surface area contributed by atoms with Gasteiger partial charge < -0.3 is 14.4 Å². The van der Waals surface area contributed by atoms with Gasteiger partial charge in [-0.2, -0.15) is 4.98 Å². The van der Waals surface area contributed by atoms with E-state index in [1.54, 1.807) is 46.6 Å². The summed E-state index contributed by atoms with van der Waals surface area (Å²) in [7, 11) is 0. The molecule has 0 atom stereocenters. The van der Waals surface area contributed by atoms with E-state index in [1.807, 2.05) is 0 Å². The Bertz CT molecular complexity index is 1090. The van der Waals surface area contributed by atoms with Crippen molar-refractivity contribution in [3.63, 3.8) is 0 Å². The molecule has 0 spiro atoms. The van der Waals surface area contributed by atoms with Crippen LogP contribution in [0.2, 0.25) is 0 Å². The third-order valence-corrected chi connectivity index (χ3v) is 4.94. The molecule has 0 unspecified atom stereocenters. The molecule has 0 saturated heterocycles. The van der Waals surface area contributed by atoms with Crippen molar-refractivity contribution in [2.24, 2.45) is 0 Å². The van der Waals surface area contributed by atoms with Crippen LogP contribution in [0.3, 0.4) is 0 Å². The van der Waals surface area contributed by atoms with Gasteiger partial charge in [0, 0.05) is 23.3 Å². The lowest BCUT2D eigenvalue weighted by molar-refractivity contribution is -0.116. The Labute approximate surface area is 165 Å². The van der Waals surface area contributed by atoms with E-state index in [1.165, 1.54) is 17.4 Å². The molecule has 0 bridgehead atoms. The van der Waals surface area contributed by atoms with E-state index >= 15 is 0 Å². The Morgan fingerprint density at radius 3 is 3.04 bits per heavy atom. The highest BCUT2D eigenvalue weighted by Crippen LogP contribution is 2.26. The van der Waals surface area contributed by atoms with Gasteiger partial charge in [-0.05, 0) is 46.3 Å². The monoisotopic (exact) mass is 447 g/mol. The smallest absolute Gasteiger partial charge is 0.274 e. The Morgan fingerprint density at radius 1 is 1.37 bits per heavy atom. The predicted molar refractivity (Wildman–Crippen MR) is 102 cm³/mol. The predicted octanol–water partition coefficient (Wildman–Crippen LogP) is 4.20. The van der Waals surface area contributed by atoms with E-state index in [2.05, 4.69) is 36.4 Å². The number of nitrogens with zero attached hydrogens (tertiary/aromatic N) is 4. The number of benzene rings is 1. The first kappa shape index (κ1) is 17.6. The van der Waals surface area contributed by atoms with Crippen molar-refractivity contribution in [1.29, 1.82) is 0 Å². The number of hydrogen-bond donors (Lipinski definition) is 1. The topological polar surface area (TPSA) is 85.8 Å². The van der Waals surface area contributed by atoms with Crippen molar-refractivity contribution >= 4 is 38.3 Å². The standard InChI is InChI=1S/C17H11BrFN5O2S/c18-11-8-10(3-4-12(11)19)15-22-16(26-23-15)13-2-1-6-24(13)9-14(25)21-17-20-5-7-27-17/h1-8H,9H2,(H,20,21,25). The Balaban J connectivity index is 1.55. The van der Waals surface area contributed by atoms with Gasteiger partial charge in [0.05, 0.1) is 4.47 Å². The quantitative estimate of drug-likeness (QED) is 0.495. The Hall–Kier alpha value is -2.85. The lowest BCUT2D eigenvalue weighted by Crippen LogP contribution is -2.18. The summed E-state index contributed by atoms with van der Waals surface area (Å²) in [4.78, 5) is 20.6. The highest BCUT2D eigenvalue weighted by molar-refractivity contribution is 9.10. The number of carbonyl (C=O) groups excluding carboxylic acids is 1. The van der Waals surface area contributed by atoms with Crippen LogP contribution in [0.4, 0.5) is 9.52 Å². The minimum Gasteiger partial charge on any atom is -0.334 e. The fourth-order valence-electron chi connectivity index (χ4n) is 2.42. The van der Waals surface area contributed by atoms with Gasteiger partial charge >= 0.3 is 0 Å². The summed E-state index contributed by atoms with van der Waals surface area (Å²) in [5.41, 5.74) is 1.21. The second kappa shape index (κ2) is 7.41. The number of aromatic nitrogens is 4. The Kier molecular flexibility index (Phi) is 4.82. The molecule has 27 heavy (non-hydrogen) atoms. The van der Waals surface area contributed by atoms with Crippen LogP contribution in [-0.2, 0) is 11.3 Å². The normalized spacial score (nSPS) is 10.9. The molecule has 1 amide bonds. The third-order valence-electron chi connectivity index (χ3n) is 3.65. The van der Waals surface area contributed by atoms with Gasteiger partial charge in [-0.25, -0.2) is 9.37 Å². The zero-order valence-corrected chi connectivity index (χ0v) is 16.0. The van der Waals surface area contributed by atoms with Crippen molar-refractivity contribution in [2.45, 2.75) is 6.54 Å². The molecular formula is C17H11BrFN5O2S. The fraction of sp³-hybridized carbons (Fsp3) is 0.0588. The Morgan fingerprint density at radius 2 is 2.26 bits per heavy atom. The van der Waals surface area contributed by atoms with E-state index in [0.717, 1.165) is 0 Å². The molecule has 1 aromatic carbocycles. The summed E-state index contributed by atoms with van der Waals surface area (Å²) in [6, 6.07) is 8.01. The van der Waals surface area contributed by atoms with Gasteiger partial charge in [0.15, 0.2) is 5.13 Å². The molecule has 0 radical (unpaired) electrons. The molecule has 136 valence electrons. The molecule has 7 nitrogen and oxygen atoms in total. The second-order valence-corrected chi connectivity index (χ2v) is 7.21. The summed E-state index contributed by atoms with van der Waals surface area (Å²) in [5, 5.41) is 8.98. The number of anilines is 1. The summed E-state index contributed by atoms with van der Waals surface area (Å²) >= 11 is 4.48. The van der Waals surface area contributed by atoms with Crippen LogP contribution in [0.5, 0.6) is 0 Å². The average Bonchev–Trinajstić information content (AvgIpc) is 3.38. The summed E-state index contributed by atoms with van der Waals surface area (Å²) < 4.78 is 20.7. The van der Waals surface area contributed by atoms with Gasteiger partial charge in [0.25, 0.3) is 5.89 Å². The highest BCUT2D eigenvalue weighted by atomic mass is 79.9. The molecule has 10 heteroatoms. The molecule has 4 rings (SSSR count). The maximum absolute atomic E-state index is 13.4. The average molecular weight is 448 g/mol. The van der Waals surface area contributed by atoms with E-state index in [4.69, 9.17) is 4.52 Å². The van der Waals surface area contributed by atoms with E-state index in [0.29, 0.717) is 26.7 Å². The molecule has 0 aliphatic carbocycles. The van der Waals surface area contributed by atoms with Crippen molar-refractivity contribution in [1.82, 2.24) is 19.7 Å². The lowest BCUT2D eigenvalue weighted by atomic mass is 10.2. The first-order chi connectivity index (χ1) is 13.1. The number of carbonyl (C=O) groups is 1. The summed E-state index contributed by atoms with van der Waals surface area (Å²) in [5.74, 6) is -0.00428. The molecule has 3 heterocycles. The third kappa shape index (κ3) is 3.81. The van der Waals surface area contributed by atoms with Gasteiger partial charge in [0.2, 0.25) is 11.7 Å². The number of halogens is 2. The van der Waals surface area contributed by atoms with E-state index < -0.39 is 0 Å². The molecule has 0 aliphatic rings. The van der Waals surface area contributed by atoms with Crippen molar-refractivity contribution in [2.75, 3.05) is 5.32 Å². The number of hydrogen-bond acceptors (Lipinski definition) is 6. The van der Waals surface area contributed by atoms with Gasteiger partial charge in [-0.3, -0.25) is 4.79 Å². The van der Waals surface area contributed by atoms with E-state index in [9.17, 15) is 9.18 Å². The summed E-state index contributed by atoms with van der Waals surface area (Å²) in [6.07, 6.45) is 3.37. The van der Waals surface area contributed by atoms with Crippen LogP contribution in [0.25, 0.3) is 23.0 Å². The molecule has 3 aromatic heterocycles. The van der Waals surface area contributed by atoms with Crippen LogP contribution in [0.15, 0.2) is 57.1 Å². The zero-order valence-electron chi connectivity index (χ0n) is 13.6. The highest BCUT2D eigenvalue weighted by Gasteiger charge is 2.16. The van der Waals surface area contributed by atoms with E-state index in [-0.39, 0.29) is 24.2 Å². The van der Waals surface area contributed by atoms with Crippen molar-refractivity contribution in [3.05, 3.63) is 58.4 Å². The molecule has 4 aromatic rings. The molecule has 0 aliphatic heterocycles. The number of thiazole rings is 1. The SMILES string of the molecule is O=C(Cn1cccc1-c1nc(-c2ccc(F)c(Br)c2)no1)Nc1nccs1. The van der Waals surface area contributed by atoms with Crippen LogP contribution < -0.4 is 5.32 Å². The number of nitrogens with one attached hydrogen (secondary N) is 1. The van der Waals surface area contributed by atoms with Gasteiger partial charge in [-0.1, -0.05) is 5.16 Å². The second-order valence-electron chi connectivity index (χ2n) is 5.46. The summed E-state index contributed by atoms with van der Waals surface area (Å²) in [6.45, 7) is 0.0712.